The number of aromatic nitrogens is 3. The Morgan fingerprint density at radius 1 is 1.50 bits per heavy atom. The van der Waals surface area contributed by atoms with Gasteiger partial charge in [-0.3, -0.25) is 4.79 Å². The third kappa shape index (κ3) is 3.31. The summed E-state index contributed by atoms with van der Waals surface area (Å²) in [4.78, 5) is 14.7. The lowest BCUT2D eigenvalue weighted by Crippen LogP contribution is -2.07. The second-order valence-corrected chi connectivity index (χ2v) is 4.47. The average Bonchev–Trinajstić information content (AvgIpc) is 2.85. The highest BCUT2D eigenvalue weighted by Crippen LogP contribution is 2.26. The van der Waals surface area contributed by atoms with E-state index in [1.807, 2.05) is 6.92 Å². The summed E-state index contributed by atoms with van der Waals surface area (Å²) in [6.45, 7) is 1.82. The Morgan fingerprint density at radius 2 is 2.30 bits per heavy atom. The summed E-state index contributed by atoms with van der Waals surface area (Å²) >= 11 is 0. The molecule has 2 aromatic rings. The van der Waals surface area contributed by atoms with Gasteiger partial charge in [-0.2, -0.15) is 0 Å². The van der Waals surface area contributed by atoms with Crippen LogP contribution in [0.5, 0.6) is 5.88 Å². The van der Waals surface area contributed by atoms with Gasteiger partial charge in [0.05, 0.1) is 7.11 Å². The quantitative estimate of drug-likeness (QED) is 0.859. The van der Waals surface area contributed by atoms with Crippen LogP contribution in [-0.2, 0) is 11.2 Å². The Morgan fingerprint density at radius 3 is 3.00 bits per heavy atom. The Kier molecular flexibility index (Phi) is 4.29. The lowest BCUT2D eigenvalue weighted by atomic mass is 10.0. The molecular formula is C13H15N3O4. The van der Waals surface area contributed by atoms with Crippen molar-refractivity contribution in [2.75, 3.05) is 7.11 Å². The van der Waals surface area contributed by atoms with Crippen LogP contribution >= 0.6 is 0 Å². The second kappa shape index (κ2) is 6.14. The molecule has 1 N–H and O–H groups in total. The average molecular weight is 277 g/mol. The fraction of sp³-hybridized carbons (Fsp3) is 0.385. The van der Waals surface area contributed by atoms with Gasteiger partial charge >= 0.3 is 5.97 Å². The van der Waals surface area contributed by atoms with Crippen molar-refractivity contribution in [3.8, 4) is 17.3 Å². The zero-order chi connectivity index (χ0) is 14.5. The maximum atomic E-state index is 10.6. The van der Waals surface area contributed by atoms with E-state index in [1.54, 1.807) is 18.3 Å². The van der Waals surface area contributed by atoms with Crippen LogP contribution in [-0.4, -0.2) is 33.4 Å². The molecular weight excluding hydrogens is 262 g/mol. The smallest absolute Gasteiger partial charge is 0.303 e. The molecule has 0 aliphatic rings. The first-order valence-corrected chi connectivity index (χ1v) is 6.13. The van der Waals surface area contributed by atoms with Gasteiger partial charge < -0.3 is 14.3 Å². The van der Waals surface area contributed by atoms with Crippen LogP contribution in [0.15, 0.2) is 22.7 Å². The number of hydrogen-bond acceptors (Lipinski definition) is 6. The maximum absolute atomic E-state index is 10.6. The highest BCUT2D eigenvalue weighted by Gasteiger charge is 2.16. The molecule has 7 heteroatoms. The van der Waals surface area contributed by atoms with E-state index in [-0.39, 0.29) is 12.3 Å². The first-order chi connectivity index (χ1) is 9.60. The zero-order valence-electron chi connectivity index (χ0n) is 11.2. The molecule has 0 aromatic carbocycles. The molecule has 0 amide bonds. The minimum Gasteiger partial charge on any atom is -0.481 e. The number of carboxylic acids is 1. The lowest BCUT2D eigenvalue weighted by molar-refractivity contribution is -0.137. The van der Waals surface area contributed by atoms with Crippen LogP contribution in [0.1, 0.15) is 19.2 Å². The molecule has 2 rings (SSSR count). The Labute approximate surface area is 115 Å². The molecule has 0 aliphatic heterocycles. The first kappa shape index (κ1) is 14.0. The fourth-order valence-electron chi connectivity index (χ4n) is 1.83. The standard InChI is InChI=1S/C13H15N3O4/c1-8(7-11(17)18)6-10-15-16-13(20-10)9-4-3-5-14-12(9)19-2/h3-5,8H,6-7H2,1-2H3,(H,17,18). The van der Waals surface area contributed by atoms with Crippen LogP contribution in [0.3, 0.4) is 0 Å². The van der Waals surface area contributed by atoms with Crippen molar-refractivity contribution in [2.45, 2.75) is 19.8 Å². The van der Waals surface area contributed by atoms with Crippen molar-refractivity contribution in [2.24, 2.45) is 5.92 Å². The molecule has 0 saturated carbocycles. The van der Waals surface area contributed by atoms with E-state index >= 15 is 0 Å². The minimum absolute atomic E-state index is 0.0634. The van der Waals surface area contributed by atoms with E-state index < -0.39 is 5.97 Å². The number of nitrogens with zero attached hydrogens (tertiary/aromatic N) is 3. The Hall–Kier alpha value is -2.44. The lowest BCUT2D eigenvalue weighted by Gasteiger charge is -2.04. The summed E-state index contributed by atoms with van der Waals surface area (Å²) in [5, 5.41) is 16.6. The molecule has 2 aromatic heterocycles. The van der Waals surface area contributed by atoms with E-state index in [0.717, 1.165) is 0 Å². The third-order valence-corrected chi connectivity index (χ3v) is 2.71. The van der Waals surface area contributed by atoms with Crippen molar-refractivity contribution in [1.82, 2.24) is 15.2 Å². The number of methoxy groups -OCH3 is 1. The molecule has 0 radical (unpaired) electrons. The van der Waals surface area contributed by atoms with E-state index in [4.69, 9.17) is 14.3 Å². The molecule has 1 unspecified atom stereocenters. The summed E-state index contributed by atoms with van der Waals surface area (Å²) in [7, 11) is 1.51. The van der Waals surface area contributed by atoms with Crippen LogP contribution < -0.4 is 4.74 Å². The van der Waals surface area contributed by atoms with Gasteiger partial charge in [-0.15, -0.1) is 10.2 Å². The van der Waals surface area contributed by atoms with Crippen LogP contribution in [0.25, 0.3) is 11.5 Å². The van der Waals surface area contributed by atoms with Gasteiger partial charge in [0.2, 0.25) is 11.8 Å². The molecule has 0 saturated heterocycles. The summed E-state index contributed by atoms with van der Waals surface area (Å²) in [6.07, 6.45) is 2.09. The monoisotopic (exact) mass is 277 g/mol. The molecule has 0 aliphatic carbocycles. The first-order valence-electron chi connectivity index (χ1n) is 6.13. The van der Waals surface area contributed by atoms with Crippen molar-refractivity contribution in [1.29, 1.82) is 0 Å². The number of ether oxygens (including phenoxy) is 1. The summed E-state index contributed by atoms with van der Waals surface area (Å²) in [6, 6.07) is 3.51. The molecule has 2 heterocycles. The summed E-state index contributed by atoms with van der Waals surface area (Å²) < 4.78 is 10.7. The van der Waals surface area contributed by atoms with Gasteiger partial charge in [-0.1, -0.05) is 6.92 Å². The molecule has 0 bridgehead atoms. The maximum Gasteiger partial charge on any atom is 0.303 e. The van der Waals surface area contributed by atoms with Crippen molar-refractivity contribution >= 4 is 5.97 Å². The molecule has 1 atom stereocenters. The molecule has 0 spiro atoms. The highest BCUT2D eigenvalue weighted by atomic mass is 16.5. The predicted octanol–water partition coefficient (Wildman–Crippen LogP) is 1.79. The predicted molar refractivity (Wildman–Crippen MR) is 69.2 cm³/mol. The minimum atomic E-state index is -0.842. The molecule has 106 valence electrons. The molecule has 20 heavy (non-hydrogen) atoms. The van der Waals surface area contributed by atoms with Gasteiger partial charge in [0, 0.05) is 19.0 Å². The third-order valence-electron chi connectivity index (χ3n) is 2.71. The molecule has 7 nitrogen and oxygen atoms in total. The largest absolute Gasteiger partial charge is 0.481 e. The van der Waals surface area contributed by atoms with E-state index in [1.165, 1.54) is 7.11 Å². The number of pyridine rings is 1. The van der Waals surface area contributed by atoms with Crippen molar-refractivity contribution in [3.63, 3.8) is 0 Å². The Bertz CT molecular complexity index is 597. The highest BCUT2D eigenvalue weighted by molar-refractivity contribution is 5.67. The topological polar surface area (TPSA) is 98.3 Å². The zero-order valence-corrected chi connectivity index (χ0v) is 11.2. The summed E-state index contributed by atoms with van der Waals surface area (Å²) in [5.41, 5.74) is 0.611. The van der Waals surface area contributed by atoms with E-state index in [2.05, 4.69) is 15.2 Å². The van der Waals surface area contributed by atoms with Crippen LogP contribution in [0.2, 0.25) is 0 Å². The number of aliphatic carboxylic acids is 1. The van der Waals surface area contributed by atoms with Crippen molar-refractivity contribution in [3.05, 3.63) is 24.2 Å². The van der Waals surface area contributed by atoms with E-state index in [9.17, 15) is 4.79 Å². The normalized spacial score (nSPS) is 12.1. The second-order valence-electron chi connectivity index (χ2n) is 4.47. The number of rotatable bonds is 6. The van der Waals surface area contributed by atoms with Gasteiger partial charge in [-0.25, -0.2) is 4.98 Å². The van der Waals surface area contributed by atoms with Gasteiger partial charge in [0.15, 0.2) is 0 Å². The van der Waals surface area contributed by atoms with Crippen LogP contribution in [0, 0.1) is 5.92 Å². The number of carbonyl (C=O) groups is 1. The van der Waals surface area contributed by atoms with E-state index in [0.29, 0.717) is 29.6 Å². The van der Waals surface area contributed by atoms with Gasteiger partial charge in [0.1, 0.15) is 5.56 Å². The fourth-order valence-corrected chi connectivity index (χ4v) is 1.83. The number of hydrogen-bond donors (Lipinski definition) is 1. The van der Waals surface area contributed by atoms with Gasteiger partial charge in [0.25, 0.3) is 5.89 Å². The summed E-state index contributed by atoms with van der Waals surface area (Å²) in [5.74, 6) is 0.205. The van der Waals surface area contributed by atoms with Crippen molar-refractivity contribution < 1.29 is 19.1 Å². The number of carboxylic acid groups (broad SMARTS) is 1. The molecule has 0 fully saturated rings. The van der Waals surface area contributed by atoms with Gasteiger partial charge in [-0.05, 0) is 18.1 Å². The van der Waals surface area contributed by atoms with Crippen LogP contribution in [0.4, 0.5) is 0 Å². The SMILES string of the molecule is COc1ncccc1-c1nnc(CC(C)CC(=O)O)o1. The Balaban J connectivity index is 2.14.